The fourth-order valence-corrected chi connectivity index (χ4v) is 2.93. The molecule has 0 radical (unpaired) electrons. The molecule has 1 saturated heterocycles. The summed E-state index contributed by atoms with van der Waals surface area (Å²) < 4.78 is 8.02. The molecule has 1 aliphatic carbocycles. The number of rotatable bonds is 7. The number of hydrogen-bond donors (Lipinski definition) is 0. The van der Waals surface area contributed by atoms with Crippen LogP contribution in [-0.4, -0.2) is 40.8 Å². The van der Waals surface area contributed by atoms with Crippen LogP contribution in [-0.2, 0) is 11.3 Å². The van der Waals surface area contributed by atoms with E-state index in [1.54, 1.807) is 0 Å². The molecule has 106 valence electrons. The minimum atomic E-state index is 0.529. The van der Waals surface area contributed by atoms with E-state index in [2.05, 4.69) is 27.7 Å². The van der Waals surface area contributed by atoms with Crippen LogP contribution in [0.3, 0.4) is 0 Å². The maximum atomic E-state index is 5.66. The van der Waals surface area contributed by atoms with Gasteiger partial charge in [-0.15, -0.1) is 0 Å². The van der Waals surface area contributed by atoms with Crippen LogP contribution >= 0.6 is 0 Å². The molecule has 4 heteroatoms. The van der Waals surface area contributed by atoms with E-state index in [-0.39, 0.29) is 0 Å². The van der Waals surface area contributed by atoms with Crippen molar-refractivity contribution in [2.75, 3.05) is 20.2 Å². The highest BCUT2D eigenvalue weighted by Gasteiger charge is 2.25. The molecule has 0 amide bonds. The fraction of sp³-hybridized carbons (Fsp3) is 0.800. The summed E-state index contributed by atoms with van der Waals surface area (Å²) in [7, 11) is 2.20. The van der Waals surface area contributed by atoms with Crippen molar-refractivity contribution in [2.45, 2.75) is 57.2 Å². The van der Waals surface area contributed by atoms with Crippen LogP contribution < -0.4 is 0 Å². The van der Waals surface area contributed by atoms with Gasteiger partial charge < -0.3 is 9.30 Å². The summed E-state index contributed by atoms with van der Waals surface area (Å²) in [6.45, 7) is 3.08. The molecule has 1 saturated carbocycles. The summed E-state index contributed by atoms with van der Waals surface area (Å²) in [5.74, 6) is 1.22. The lowest BCUT2D eigenvalue weighted by atomic mass is 10.1. The largest absolute Gasteiger partial charge is 0.378 e. The smallest absolute Gasteiger partial charge is 0.123 e. The summed E-state index contributed by atoms with van der Waals surface area (Å²) in [4.78, 5) is 6.88. The predicted octanol–water partition coefficient (Wildman–Crippen LogP) is 2.61. The number of hydrogen-bond acceptors (Lipinski definition) is 3. The lowest BCUT2D eigenvalue weighted by Gasteiger charge is -2.18. The van der Waals surface area contributed by atoms with E-state index < -0.39 is 0 Å². The SMILES string of the molecule is CN(CCC[C@@H]1CCCO1)Cc1nccn1C1CC1. The second-order valence-electron chi connectivity index (χ2n) is 6.00. The summed E-state index contributed by atoms with van der Waals surface area (Å²) in [6.07, 6.45) is 12.2. The quantitative estimate of drug-likeness (QED) is 0.757. The lowest BCUT2D eigenvalue weighted by Crippen LogP contribution is -2.22. The van der Waals surface area contributed by atoms with E-state index in [0.717, 1.165) is 25.7 Å². The molecule has 1 aliphatic heterocycles. The zero-order valence-corrected chi connectivity index (χ0v) is 11.9. The van der Waals surface area contributed by atoms with E-state index in [4.69, 9.17) is 4.74 Å². The van der Waals surface area contributed by atoms with Gasteiger partial charge in [-0.25, -0.2) is 4.98 Å². The molecule has 19 heavy (non-hydrogen) atoms. The van der Waals surface area contributed by atoms with E-state index in [0.29, 0.717) is 6.10 Å². The van der Waals surface area contributed by atoms with Crippen molar-refractivity contribution in [1.29, 1.82) is 0 Å². The van der Waals surface area contributed by atoms with Gasteiger partial charge in [0.05, 0.1) is 12.6 Å². The van der Waals surface area contributed by atoms with Crippen molar-refractivity contribution in [1.82, 2.24) is 14.5 Å². The molecule has 2 aliphatic rings. The van der Waals surface area contributed by atoms with Crippen LogP contribution in [0.25, 0.3) is 0 Å². The fourth-order valence-electron chi connectivity index (χ4n) is 2.93. The van der Waals surface area contributed by atoms with Crippen LogP contribution in [0.4, 0.5) is 0 Å². The van der Waals surface area contributed by atoms with Gasteiger partial charge in [-0.3, -0.25) is 4.90 Å². The van der Waals surface area contributed by atoms with Gasteiger partial charge in [-0.2, -0.15) is 0 Å². The molecule has 4 nitrogen and oxygen atoms in total. The van der Waals surface area contributed by atoms with Crippen LogP contribution in [0.1, 0.15) is 50.4 Å². The van der Waals surface area contributed by atoms with Crippen molar-refractivity contribution in [3.8, 4) is 0 Å². The van der Waals surface area contributed by atoms with Crippen molar-refractivity contribution in [3.63, 3.8) is 0 Å². The Kier molecular flexibility index (Phi) is 4.18. The third-order valence-corrected chi connectivity index (χ3v) is 4.19. The Morgan fingerprint density at radius 2 is 2.32 bits per heavy atom. The molecule has 1 aromatic heterocycles. The Morgan fingerprint density at radius 1 is 1.42 bits per heavy atom. The molecule has 1 atom stereocenters. The van der Waals surface area contributed by atoms with E-state index >= 15 is 0 Å². The maximum Gasteiger partial charge on any atom is 0.123 e. The van der Waals surface area contributed by atoms with Crippen molar-refractivity contribution in [3.05, 3.63) is 18.2 Å². The third-order valence-electron chi connectivity index (χ3n) is 4.19. The van der Waals surface area contributed by atoms with Gasteiger partial charge in [-0.05, 0) is 52.1 Å². The monoisotopic (exact) mass is 263 g/mol. The summed E-state index contributed by atoms with van der Waals surface area (Å²) in [5, 5.41) is 0. The maximum absolute atomic E-state index is 5.66. The molecule has 3 rings (SSSR count). The van der Waals surface area contributed by atoms with Crippen molar-refractivity contribution >= 4 is 0 Å². The average Bonchev–Trinajstić information content (AvgIpc) is 2.91. The minimum Gasteiger partial charge on any atom is -0.378 e. The molecule has 0 N–H and O–H groups in total. The Morgan fingerprint density at radius 3 is 3.05 bits per heavy atom. The molecule has 0 unspecified atom stereocenters. The number of ether oxygens (including phenoxy) is 1. The Labute approximate surface area is 115 Å². The van der Waals surface area contributed by atoms with E-state index in [1.807, 2.05) is 6.20 Å². The van der Waals surface area contributed by atoms with E-state index in [9.17, 15) is 0 Å². The predicted molar refractivity (Wildman–Crippen MR) is 75.0 cm³/mol. The first kappa shape index (κ1) is 13.1. The Hall–Kier alpha value is -0.870. The van der Waals surface area contributed by atoms with Gasteiger partial charge in [0.15, 0.2) is 0 Å². The molecular weight excluding hydrogens is 238 g/mol. The number of nitrogens with zero attached hydrogens (tertiary/aromatic N) is 3. The average molecular weight is 263 g/mol. The molecule has 0 spiro atoms. The highest BCUT2D eigenvalue weighted by Crippen LogP contribution is 2.35. The van der Waals surface area contributed by atoms with Crippen LogP contribution in [0, 0.1) is 0 Å². The highest BCUT2D eigenvalue weighted by atomic mass is 16.5. The first-order valence-electron chi connectivity index (χ1n) is 7.65. The van der Waals surface area contributed by atoms with Gasteiger partial charge in [0.25, 0.3) is 0 Å². The minimum absolute atomic E-state index is 0.529. The second kappa shape index (κ2) is 6.06. The van der Waals surface area contributed by atoms with E-state index in [1.165, 1.54) is 44.3 Å². The molecule has 2 heterocycles. The molecule has 1 aromatic rings. The molecule has 2 fully saturated rings. The number of aromatic nitrogens is 2. The molecular formula is C15H25N3O. The first-order valence-corrected chi connectivity index (χ1v) is 7.65. The van der Waals surface area contributed by atoms with Gasteiger partial charge in [0, 0.05) is 25.0 Å². The van der Waals surface area contributed by atoms with Crippen LogP contribution in [0.2, 0.25) is 0 Å². The van der Waals surface area contributed by atoms with Crippen LogP contribution in [0.5, 0.6) is 0 Å². The summed E-state index contributed by atoms with van der Waals surface area (Å²) >= 11 is 0. The lowest BCUT2D eigenvalue weighted by molar-refractivity contribution is 0.0994. The number of imidazole rings is 1. The van der Waals surface area contributed by atoms with Crippen LogP contribution in [0.15, 0.2) is 12.4 Å². The second-order valence-corrected chi connectivity index (χ2v) is 6.00. The van der Waals surface area contributed by atoms with Crippen molar-refractivity contribution < 1.29 is 4.74 Å². The van der Waals surface area contributed by atoms with Gasteiger partial charge in [-0.1, -0.05) is 0 Å². The Bertz CT molecular complexity index is 394. The zero-order valence-electron chi connectivity index (χ0n) is 11.9. The summed E-state index contributed by atoms with van der Waals surface area (Å²) in [5.41, 5.74) is 0. The summed E-state index contributed by atoms with van der Waals surface area (Å²) in [6, 6.07) is 0.734. The molecule has 0 bridgehead atoms. The highest BCUT2D eigenvalue weighted by molar-refractivity contribution is 4.99. The van der Waals surface area contributed by atoms with Gasteiger partial charge in [0.1, 0.15) is 5.82 Å². The third kappa shape index (κ3) is 3.57. The zero-order chi connectivity index (χ0) is 13.1. The van der Waals surface area contributed by atoms with Gasteiger partial charge >= 0.3 is 0 Å². The Balaban J connectivity index is 1.40. The van der Waals surface area contributed by atoms with Gasteiger partial charge in [0.2, 0.25) is 0 Å². The topological polar surface area (TPSA) is 30.3 Å². The molecule has 0 aromatic carbocycles. The first-order chi connectivity index (χ1) is 9.33. The standard InChI is InChI=1S/C15H25N3O/c1-17(9-2-4-14-5-3-11-19-14)12-15-16-8-10-18(15)13-6-7-13/h8,10,13-14H,2-7,9,11-12H2,1H3/t14-/m1/s1. The normalized spacial score (nSPS) is 23.4. The van der Waals surface area contributed by atoms with Crippen molar-refractivity contribution in [2.24, 2.45) is 0 Å².